The van der Waals surface area contributed by atoms with Crippen molar-refractivity contribution >= 4 is 35.2 Å². The molecule has 8 heteroatoms. The predicted molar refractivity (Wildman–Crippen MR) is 88.1 cm³/mol. The number of para-hydroxylation sites is 1. The number of carbonyl (C=O) groups is 3. The summed E-state index contributed by atoms with van der Waals surface area (Å²) in [5, 5.41) is 9.00. The van der Waals surface area contributed by atoms with Gasteiger partial charge in [-0.25, -0.2) is 0 Å². The highest BCUT2D eigenvalue weighted by Gasteiger charge is 2.33. The molecule has 0 aromatic heterocycles. The zero-order valence-electron chi connectivity index (χ0n) is 13.0. The number of carboxylic acid groups (broad SMARTS) is 1. The highest BCUT2D eigenvalue weighted by molar-refractivity contribution is 8.00. The molecule has 0 bridgehead atoms. The van der Waals surface area contributed by atoms with Gasteiger partial charge in [0.1, 0.15) is 6.54 Å². The summed E-state index contributed by atoms with van der Waals surface area (Å²) in [5.74, 6) is -1.04. The minimum Gasteiger partial charge on any atom is -0.481 e. The van der Waals surface area contributed by atoms with Crippen LogP contribution in [0.4, 0.5) is 5.69 Å². The van der Waals surface area contributed by atoms with Gasteiger partial charge in [0.25, 0.3) is 0 Å². The molecule has 3 rings (SSSR count). The summed E-state index contributed by atoms with van der Waals surface area (Å²) in [4.78, 5) is 39.9. The van der Waals surface area contributed by atoms with Crippen molar-refractivity contribution in [2.75, 3.05) is 37.0 Å². The number of hydrogen-bond donors (Lipinski definition) is 1. The van der Waals surface area contributed by atoms with Gasteiger partial charge in [-0.1, -0.05) is 12.1 Å². The van der Waals surface area contributed by atoms with Crippen LogP contribution in [-0.4, -0.2) is 65.9 Å². The van der Waals surface area contributed by atoms with Crippen LogP contribution in [0.25, 0.3) is 0 Å². The Kier molecular flexibility index (Phi) is 5.06. The van der Waals surface area contributed by atoms with Gasteiger partial charge in [-0.3, -0.25) is 14.4 Å². The molecule has 1 N–H and O–H groups in total. The summed E-state index contributed by atoms with van der Waals surface area (Å²) in [7, 11) is 0. The van der Waals surface area contributed by atoms with E-state index in [1.54, 1.807) is 0 Å². The first-order valence-corrected chi connectivity index (χ1v) is 8.66. The van der Waals surface area contributed by atoms with Crippen LogP contribution in [0.3, 0.4) is 0 Å². The maximum atomic E-state index is 12.7. The largest absolute Gasteiger partial charge is 0.481 e. The van der Waals surface area contributed by atoms with E-state index in [0.29, 0.717) is 18.9 Å². The Hall–Kier alpha value is -2.06. The van der Waals surface area contributed by atoms with Crippen molar-refractivity contribution in [2.45, 2.75) is 17.4 Å². The molecule has 128 valence electrons. The molecule has 2 amide bonds. The minimum atomic E-state index is -0.973. The van der Waals surface area contributed by atoms with Crippen molar-refractivity contribution in [3.63, 3.8) is 0 Å². The van der Waals surface area contributed by atoms with Gasteiger partial charge in [0.15, 0.2) is 0 Å². The Morgan fingerprint density at radius 2 is 2.12 bits per heavy atom. The van der Waals surface area contributed by atoms with Crippen molar-refractivity contribution in [1.29, 1.82) is 0 Å². The number of thioether (sulfide) groups is 1. The lowest BCUT2D eigenvalue weighted by Gasteiger charge is -2.37. The molecule has 1 atom stereocenters. The lowest BCUT2D eigenvalue weighted by Crippen LogP contribution is -2.53. The van der Waals surface area contributed by atoms with Crippen LogP contribution in [0.2, 0.25) is 0 Å². The third-order valence-electron chi connectivity index (χ3n) is 4.06. The van der Waals surface area contributed by atoms with Gasteiger partial charge in [-0.15, -0.1) is 11.8 Å². The van der Waals surface area contributed by atoms with E-state index in [2.05, 4.69) is 0 Å². The topological polar surface area (TPSA) is 87.2 Å². The second-order valence-corrected chi connectivity index (χ2v) is 6.67. The van der Waals surface area contributed by atoms with Crippen LogP contribution < -0.4 is 4.90 Å². The Balaban J connectivity index is 1.76. The van der Waals surface area contributed by atoms with Crippen LogP contribution in [0.1, 0.15) is 6.42 Å². The first-order chi connectivity index (χ1) is 11.6. The van der Waals surface area contributed by atoms with Crippen LogP contribution in [0.5, 0.6) is 0 Å². The number of anilines is 1. The Bertz CT molecular complexity index is 666. The molecule has 0 radical (unpaired) electrons. The third-order valence-corrected chi connectivity index (χ3v) is 5.11. The third kappa shape index (κ3) is 3.54. The fourth-order valence-electron chi connectivity index (χ4n) is 2.91. The molecule has 2 heterocycles. The number of ether oxygens (including phenoxy) is 1. The molecule has 24 heavy (non-hydrogen) atoms. The average molecular weight is 350 g/mol. The van der Waals surface area contributed by atoms with E-state index in [0.717, 1.165) is 10.6 Å². The van der Waals surface area contributed by atoms with Crippen LogP contribution in [0, 0.1) is 0 Å². The van der Waals surface area contributed by atoms with Gasteiger partial charge in [-0.05, 0) is 12.1 Å². The summed E-state index contributed by atoms with van der Waals surface area (Å²) in [6.07, 6.45) is -0.161. The Labute approximate surface area is 143 Å². The molecule has 1 aromatic carbocycles. The maximum absolute atomic E-state index is 12.7. The van der Waals surface area contributed by atoms with Crippen LogP contribution in [-0.2, 0) is 19.1 Å². The summed E-state index contributed by atoms with van der Waals surface area (Å²) in [6.45, 7) is 0.850. The quantitative estimate of drug-likeness (QED) is 0.865. The first kappa shape index (κ1) is 16.8. The second-order valence-electron chi connectivity index (χ2n) is 5.65. The number of carboxylic acids is 1. The molecule has 0 aliphatic carbocycles. The minimum absolute atomic E-state index is 0.0769. The highest BCUT2D eigenvalue weighted by Crippen LogP contribution is 2.34. The van der Waals surface area contributed by atoms with E-state index in [1.807, 2.05) is 24.3 Å². The molecule has 7 nitrogen and oxygen atoms in total. The average Bonchev–Trinajstić information content (AvgIpc) is 2.57. The maximum Gasteiger partial charge on any atom is 0.305 e. The molecule has 0 saturated carbocycles. The summed E-state index contributed by atoms with van der Waals surface area (Å²) < 4.78 is 5.29. The molecule has 1 fully saturated rings. The molecule has 0 unspecified atom stereocenters. The SMILES string of the molecule is O=C(O)C[C@@H]1COCCN1C(=O)CN1C(=O)CSc2ccccc21. The molecule has 1 saturated heterocycles. The van der Waals surface area contributed by atoms with Gasteiger partial charge in [0.2, 0.25) is 11.8 Å². The van der Waals surface area contributed by atoms with Crippen molar-refractivity contribution < 1.29 is 24.2 Å². The molecular formula is C16H18N2O5S. The lowest BCUT2D eigenvalue weighted by atomic mass is 10.1. The number of fused-ring (bicyclic) bond motifs is 1. The highest BCUT2D eigenvalue weighted by atomic mass is 32.2. The van der Waals surface area contributed by atoms with E-state index in [9.17, 15) is 14.4 Å². The van der Waals surface area contributed by atoms with Crippen molar-refractivity contribution in [3.05, 3.63) is 24.3 Å². The lowest BCUT2D eigenvalue weighted by molar-refractivity contribution is -0.146. The zero-order chi connectivity index (χ0) is 17.1. The summed E-state index contributed by atoms with van der Waals surface area (Å²) >= 11 is 1.46. The smallest absolute Gasteiger partial charge is 0.305 e. The van der Waals surface area contributed by atoms with Gasteiger partial charge in [0, 0.05) is 11.4 Å². The number of benzene rings is 1. The van der Waals surface area contributed by atoms with Crippen molar-refractivity contribution in [3.8, 4) is 0 Å². The van der Waals surface area contributed by atoms with E-state index in [-0.39, 0.29) is 31.4 Å². The van der Waals surface area contributed by atoms with Gasteiger partial charge in [0.05, 0.1) is 37.1 Å². The molecular weight excluding hydrogens is 332 g/mol. The van der Waals surface area contributed by atoms with Crippen LogP contribution >= 0.6 is 11.8 Å². The van der Waals surface area contributed by atoms with Crippen molar-refractivity contribution in [2.24, 2.45) is 0 Å². The first-order valence-electron chi connectivity index (χ1n) is 7.67. The second kappa shape index (κ2) is 7.23. The van der Waals surface area contributed by atoms with E-state index in [4.69, 9.17) is 9.84 Å². The molecule has 0 spiro atoms. The molecule has 2 aliphatic heterocycles. The number of rotatable bonds is 4. The number of aliphatic carboxylic acids is 1. The number of carbonyl (C=O) groups excluding carboxylic acids is 2. The number of morpholine rings is 1. The number of nitrogens with zero attached hydrogens (tertiary/aromatic N) is 2. The normalized spacial score (nSPS) is 20.7. The van der Waals surface area contributed by atoms with Gasteiger partial charge in [-0.2, -0.15) is 0 Å². The van der Waals surface area contributed by atoms with E-state index >= 15 is 0 Å². The summed E-state index contributed by atoms with van der Waals surface area (Å²) in [5.41, 5.74) is 0.732. The van der Waals surface area contributed by atoms with E-state index < -0.39 is 12.0 Å². The standard InChI is InChI=1S/C16H18N2O5S/c19-14(17-5-6-23-9-11(17)7-16(21)22)8-18-12-3-1-2-4-13(12)24-10-15(18)20/h1-4,11H,5-10H2,(H,21,22)/t11-/m1/s1. The Morgan fingerprint density at radius 1 is 1.33 bits per heavy atom. The zero-order valence-corrected chi connectivity index (χ0v) is 13.8. The number of hydrogen-bond acceptors (Lipinski definition) is 5. The molecule has 2 aliphatic rings. The van der Waals surface area contributed by atoms with Gasteiger partial charge >= 0.3 is 5.97 Å². The fourth-order valence-corrected chi connectivity index (χ4v) is 3.84. The predicted octanol–water partition coefficient (Wildman–Crippen LogP) is 0.827. The van der Waals surface area contributed by atoms with E-state index in [1.165, 1.54) is 21.6 Å². The monoisotopic (exact) mass is 350 g/mol. The number of amides is 2. The Morgan fingerprint density at radius 3 is 2.92 bits per heavy atom. The molecule has 1 aromatic rings. The van der Waals surface area contributed by atoms with Gasteiger partial charge < -0.3 is 19.6 Å². The van der Waals surface area contributed by atoms with Crippen molar-refractivity contribution in [1.82, 2.24) is 4.90 Å². The fraction of sp³-hybridized carbons (Fsp3) is 0.438. The summed E-state index contributed by atoms with van der Waals surface area (Å²) in [6, 6.07) is 6.98. The van der Waals surface area contributed by atoms with Crippen LogP contribution in [0.15, 0.2) is 29.2 Å².